The minimum atomic E-state index is -0.434. The van der Waals surface area contributed by atoms with Crippen LogP contribution >= 0.6 is 0 Å². The van der Waals surface area contributed by atoms with E-state index in [4.69, 9.17) is 10.00 Å². The van der Waals surface area contributed by atoms with E-state index in [2.05, 4.69) is 11.4 Å². The molecule has 1 aromatic carbocycles. The third kappa shape index (κ3) is 5.86. The van der Waals surface area contributed by atoms with Crippen molar-refractivity contribution in [3.05, 3.63) is 35.4 Å². The molecule has 0 unspecified atom stereocenters. The predicted molar refractivity (Wildman–Crippen MR) is 93.4 cm³/mol. The van der Waals surface area contributed by atoms with Gasteiger partial charge < -0.3 is 15.0 Å². The third-order valence-electron chi connectivity index (χ3n) is 4.11. The van der Waals surface area contributed by atoms with Crippen LogP contribution in [0, 0.1) is 17.2 Å². The van der Waals surface area contributed by atoms with E-state index in [-0.39, 0.29) is 6.09 Å². The Morgan fingerprint density at radius 2 is 1.92 bits per heavy atom. The van der Waals surface area contributed by atoms with Gasteiger partial charge in [-0.15, -0.1) is 0 Å². The zero-order valence-corrected chi connectivity index (χ0v) is 14.8. The molecule has 0 bridgehead atoms. The van der Waals surface area contributed by atoms with Crippen LogP contribution in [0.25, 0.3) is 0 Å². The Hall–Kier alpha value is -2.06. The van der Waals surface area contributed by atoms with E-state index in [0.717, 1.165) is 39.0 Å². The first kappa shape index (κ1) is 18.3. The normalized spacial score (nSPS) is 15.8. The molecule has 1 amide bonds. The molecule has 1 saturated heterocycles. The molecule has 5 nitrogen and oxygen atoms in total. The molecule has 130 valence electrons. The maximum Gasteiger partial charge on any atom is 0.410 e. The standard InChI is InChI=1S/C19H27N3O2/c1-19(2,3)24-18(23)22-10-8-17(9-11-22)14-21-13-16-6-4-15(12-20)5-7-16/h4-7,17,21H,8-11,13-14H2,1-3H3. The van der Waals surface area contributed by atoms with Crippen LogP contribution in [0.2, 0.25) is 0 Å². The highest BCUT2D eigenvalue weighted by atomic mass is 16.6. The number of rotatable bonds is 4. The van der Waals surface area contributed by atoms with Crippen molar-refractivity contribution in [2.75, 3.05) is 19.6 Å². The fraction of sp³-hybridized carbons (Fsp3) is 0.579. The summed E-state index contributed by atoms with van der Waals surface area (Å²) in [5, 5.41) is 12.3. The minimum Gasteiger partial charge on any atom is -0.444 e. The molecule has 0 aliphatic carbocycles. The highest BCUT2D eigenvalue weighted by Crippen LogP contribution is 2.19. The van der Waals surface area contributed by atoms with Crippen LogP contribution < -0.4 is 5.32 Å². The first-order valence-corrected chi connectivity index (χ1v) is 8.55. The SMILES string of the molecule is CC(C)(C)OC(=O)N1CCC(CNCc2ccc(C#N)cc2)CC1. The lowest BCUT2D eigenvalue weighted by Gasteiger charge is -2.33. The highest BCUT2D eigenvalue weighted by molar-refractivity contribution is 5.68. The van der Waals surface area contributed by atoms with Gasteiger partial charge in [0.15, 0.2) is 0 Å². The van der Waals surface area contributed by atoms with Crippen molar-refractivity contribution in [3.8, 4) is 6.07 Å². The zero-order valence-electron chi connectivity index (χ0n) is 14.8. The molecule has 2 rings (SSSR count). The quantitative estimate of drug-likeness (QED) is 0.920. The Morgan fingerprint density at radius 1 is 1.29 bits per heavy atom. The van der Waals surface area contributed by atoms with Gasteiger partial charge in [0.1, 0.15) is 5.60 Å². The van der Waals surface area contributed by atoms with Crippen LogP contribution in [0.3, 0.4) is 0 Å². The van der Waals surface area contributed by atoms with Crippen molar-refractivity contribution in [3.63, 3.8) is 0 Å². The summed E-state index contributed by atoms with van der Waals surface area (Å²) >= 11 is 0. The van der Waals surface area contributed by atoms with E-state index >= 15 is 0 Å². The summed E-state index contributed by atoms with van der Waals surface area (Å²) in [6.07, 6.45) is 1.80. The topological polar surface area (TPSA) is 65.4 Å². The fourth-order valence-corrected chi connectivity index (χ4v) is 2.76. The lowest BCUT2D eigenvalue weighted by Crippen LogP contribution is -2.43. The summed E-state index contributed by atoms with van der Waals surface area (Å²) in [5.41, 5.74) is 1.43. The second kappa shape index (κ2) is 8.16. The molecule has 0 aromatic heterocycles. The molecule has 1 aliphatic heterocycles. The Labute approximate surface area is 144 Å². The zero-order chi connectivity index (χ0) is 17.6. The number of piperidine rings is 1. The number of amides is 1. The van der Waals surface area contributed by atoms with Gasteiger partial charge >= 0.3 is 6.09 Å². The van der Waals surface area contributed by atoms with Crippen molar-refractivity contribution < 1.29 is 9.53 Å². The maximum absolute atomic E-state index is 12.0. The minimum absolute atomic E-state index is 0.202. The molecular weight excluding hydrogens is 302 g/mol. The van der Waals surface area contributed by atoms with Crippen molar-refractivity contribution >= 4 is 6.09 Å². The Kier molecular flexibility index (Phi) is 6.22. The van der Waals surface area contributed by atoms with Crippen LogP contribution in [0.1, 0.15) is 44.7 Å². The monoisotopic (exact) mass is 329 g/mol. The van der Waals surface area contributed by atoms with Crippen LogP contribution in [0.4, 0.5) is 4.79 Å². The second-order valence-corrected chi connectivity index (χ2v) is 7.35. The van der Waals surface area contributed by atoms with Gasteiger partial charge in [-0.1, -0.05) is 12.1 Å². The average Bonchev–Trinajstić information content (AvgIpc) is 2.54. The van der Waals surface area contributed by atoms with E-state index in [1.165, 1.54) is 5.56 Å². The van der Waals surface area contributed by atoms with Gasteiger partial charge in [0.2, 0.25) is 0 Å². The number of benzene rings is 1. The largest absolute Gasteiger partial charge is 0.444 e. The second-order valence-electron chi connectivity index (χ2n) is 7.35. The summed E-state index contributed by atoms with van der Waals surface area (Å²) in [4.78, 5) is 13.8. The van der Waals surface area contributed by atoms with Crippen LogP contribution in [0.5, 0.6) is 0 Å². The average molecular weight is 329 g/mol. The molecule has 1 fully saturated rings. The molecular formula is C19H27N3O2. The molecule has 24 heavy (non-hydrogen) atoms. The molecule has 5 heteroatoms. The van der Waals surface area contributed by atoms with E-state index < -0.39 is 5.60 Å². The molecule has 0 radical (unpaired) electrons. The number of likely N-dealkylation sites (tertiary alicyclic amines) is 1. The van der Waals surface area contributed by atoms with E-state index in [1.807, 2.05) is 49.9 Å². The lowest BCUT2D eigenvalue weighted by atomic mass is 9.97. The van der Waals surface area contributed by atoms with Crippen molar-refractivity contribution in [2.24, 2.45) is 5.92 Å². The summed E-state index contributed by atoms with van der Waals surface area (Å²) < 4.78 is 5.42. The number of carbonyl (C=O) groups excluding carboxylic acids is 1. The predicted octanol–water partition coefficient (Wildman–Crippen LogP) is 3.29. The van der Waals surface area contributed by atoms with Gasteiger partial charge in [-0.25, -0.2) is 4.79 Å². The van der Waals surface area contributed by atoms with Crippen LogP contribution in [-0.2, 0) is 11.3 Å². The summed E-state index contributed by atoms with van der Waals surface area (Å²) in [5.74, 6) is 0.585. The van der Waals surface area contributed by atoms with E-state index in [0.29, 0.717) is 11.5 Å². The summed E-state index contributed by atoms with van der Waals surface area (Å²) in [6.45, 7) is 8.95. The molecule has 1 heterocycles. The van der Waals surface area contributed by atoms with Crippen molar-refractivity contribution in [1.82, 2.24) is 10.2 Å². The van der Waals surface area contributed by atoms with Crippen LogP contribution in [-0.4, -0.2) is 36.2 Å². The Balaban J connectivity index is 1.67. The number of hydrogen-bond acceptors (Lipinski definition) is 4. The van der Waals surface area contributed by atoms with Gasteiger partial charge in [0.25, 0.3) is 0 Å². The molecule has 0 saturated carbocycles. The highest BCUT2D eigenvalue weighted by Gasteiger charge is 2.26. The molecule has 0 spiro atoms. The number of nitrogens with zero attached hydrogens (tertiary/aromatic N) is 2. The lowest BCUT2D eigenvalue weighted by molar-refractivity contribution is 0.0184. The third-order valence-corrected chi connectivity index (χ3v) is 4.11. The van der Waals surface area contributed by atoms with Gasteiger partial charge in [0.05, 0.1) is 11.6 Å². The first-order valence-electron chi connectivity index (χ1n) is 8.55. The molecule has 1 N–H and O–H groups in total. The molecule has 1 aromatic rings. The number of ether oxygens (including phenoxy) is 1. The number of carbonyl (C=O) groups is 1. The smallest absolute Gasteiger partial charge is 0.410 e. The Morgan fingerprint density at radius 3 is 2.46 bits per heavy atom. The van der Waals surface area contributed by atoms with Crippen molar-refractivity contribution in [1.29, 1.82) is 5.26 Å². The fourth-order valence-electron chi connectivity index (χ4n) is 2.76. The summed E-state index contributed by atoms with van der Waals surface area (Å²) in [6, 6.07) is 9.78. The summed E-state index contributed by atoms with van der Waals surface area (Å²) in [7, 11) is 0. The first-order chi connectivity index (χ1) is 11.4. The van der Waals surface area contributed by atoms with Gasteiger partial charge in [-0.2, -0.15) is 5.26 Å². The molecule has 0 atom stereocenters. The van der Waals surface area contributed by atoms with Gasteiger partial charge in [0, 0.05) is 19.6 Å². The Bertz CT molecular complexity index is 576. The van der Waals surface area contributed by atoms with E-state index in [9.17, 15) is 4.79 Å². The van der Waals surface area contributed by atoms with Crippen LogP contribution in [0.15, 0.2) is 24.3 Å². The van der Waals surface area contributed by atoms with Gasteiger partial charge in [-0.3, -0.25) is 0 Å². The van der Waals surface area contributed by atoms with Gasteiger partial charge in [-0.05, 0) is 63.8 Å². The van der Waals surface area contributed by atoms with Crippen molar-refractivity contribution in [2.45, 2.75) is 45.8 Å². The molecule has 1 aliphatic rings. The van der Waals surface area contributed by atoms with E-state index in [1.54, 1.807) is 0 Å². The number of nitrogens with one attached hydrogen (secondary N) is 1. The number of nitriles is 1. The number of hydrogen-bond donors (Lipinski definition) is 1. The maximum atomic E-state index is 12.0.